The van der Waals surface area contributed by atoms with Crippen LogP contribution in [0.5, 0.6) is 5.75 Å². The molecule has 0 bridgehead atoms. The van der Waals surface area contributed by atoms with Gasteiger partial charge in [-0.1, -0.05) is 6.92 Å². The van der Waals surface area contributed by atoms with E-state index < -0.39 is 46.6 Å². The number of benzene rings is 2. The third-order valence-electron chi connectivity index (χ3n) is 11.0. The Morgan fingerprint density at radius 3 is 2.56 bits per heavy atom. The van der Waals surface area contributed by atoms with E-state index in [-0.39, 0.29) is 47.3 Å². The van der Waals surface area contributed by atoms with Crippen LogP contribution in [0.25, 0.3) is 0 Å². The van der Waals surface area contributed by atoms with Crippen molar-refractivity contribution in [3.05, 3.63) is 71.3 Å². The minimum atomic E-state index is -4.87. The average molecular weight is 837 g/mol. The number of nitriles is 1. The van der Waals surface area contributed by atoms with Crippen LogP contribution < -0.4 is 30.5 Å². The van der Waals surface area contributed by atoms with Gasteiger partial charge in [0.15, 0.2) is 10.8 Å². The van der Waals surface area contributed by atoms with Gasteiger partial charge in [0.2, 0.25) is 17.7 Å². The first-order valence-corrected chi connectivity index (χ1v) is 19.7. The number of hydrogen-bond donors (Lipinski definition) is 3. The molecule has 3 N–H and O–H groups in total. The number of nitrogens with one attached hydrogen (secondary N) is 3. The fraction of sp³-hybridized carbons (Fsp3) is 0.439. The number of hydrogen-bond acceptors (Lipinski definition) is 10. The lowest BCUT2D eigenvalue weighted by Crippen LogP contribution is -2.47. The Balaban J connectivity index is 1.02. The number of amides is 4. The predicted octanol–water partition coefficient (Wildman–Crippen LogP) is 6.32. The second-order valence-electron chi connectivity index (χ2n) is 15.4. The van der Waals surface area contributed by atoms with E-state index in [0.29, 0.717) is 55.1 Å². The summed E-state index contributed by atoms with van der Waals surface area (Å²) in [5, 5.41) is 17.1. The van der Waals surface area contributed by atoms with Crippen molar-refractivity contribution in [3.63, 3.8) is 0 Å². The minimum Gasteiger partial charge on any atom is -0.493 e. The Hall–Kier alpha value is -5.67. The van der Waals surface area contributed by atoms with Gasteiger partial charge in [0, 0.05) is 23.8 Å². The Morgan fingerprint density at radius 2 is 1.88 bits per heavy atom. The first-order valence-electron chi connectivity index (χ1n) is 19.3. The van der Waals surface area contributed by atoms with Crippen molar-refractivity contribution < 1.29 is 41.5 Å². The van der Waals surface area contributed by atoms with Crippen LogP contribution in [0.15, 0.2) is 48.7 Å². The van der Waals surface area contributed by atoms with E-state index in [1.807, 2.05) is 24.8 Å². The maximum absolute atomic E-state index is 14.7. The maximum atomic E-state index is 14.7. The molecule has 3 aromatic rings. The fourth-order valence-corrected chi connectivity index (χ4v) is 8.25. The highest BCUT2D eigenvalue weighted by Crippen LogP contribution is 2.40. The number of alkyl halides is 3. The number of carbonyl (C=O) groups is 4. The molecule has 0 saturated carbocycles. The van der Waals surface area contributed by atoms with Crippen LogP contribution in [-0.4, -0.2) is 75.9 Å². The zero-order valence-corrected chi connectivity index (χ0v) is 33.7. The van der Waals surface area contributed by atoms with E-state index in [0.717, 1.165) is 35.9 Å². The van der Waals surface area contributed by atoms with E-state index >= 15 is 0 Å². The second-order valence-corrected chi connectivity index (χ2v) is 15.8. The summed E-state index contributed by atoms with van der Waals surface area (Å²) in [6.45, 7) is 8.41. The first-order chi connectivity index (χ1) is 27.9. The molecule has 0 spiro atoms. The van der Waals surface area contributed by atoms with Gasteiger partial charge in [-0.25, -0.2) is 9.37 Å². The van der Waals surface area contributed by atoms with Gasteiger partial charge in [-0.15, -0.1) is 0 Å². The van der Waals surface area contributed by atoms with E-state index in [1.54, 1.807) is 30.9 Å². The van der Waals surface area contributed by atoms with Crippen LogP contribution in [0.2, 0.25) is 0 Å². The smallest absolute Gasteiger partial charge is 0.419 e. The SMILES string of the molecule is CCc1cc(N2C(=S)N(c3cnc(C#N)c(C(F)(F)F)c3)C(=O)C2(C)C)ccc1OCC[C@@H]1CCN(CC(=O)Nc2cc(NC3CCC(=O)NC3=O)ccc2F)[C@H](C)C1. The van der Waals surface area contributed by atoms with Crippen LogP contribution in [0.4, 0.5) is 40.3 Å². The molecule has 4 amide bonds. The van der Waals surface area contributed by atoms with Gasteiger partial charge in [0.25, 0.3) is 5.91 Å². The monoisotopic (exact) mass is 836 g/mol. The van der Waals surface area contributed by atoms with Gasteiger partial charge in [0.05, 0.1) is 36.3 Å². The number of pyridine rings is 1. The highest BCUT2D eigenvalue weighted by Gasteiger charge is 2.51. The number of anilines is 4. The van der Waals surface area contributed by atoms with Crippen LogP contribution >= 0.6 is 12.2 Å². The summed E-state index contributed by atoms with van der Waals surface area (Å²) in [5.74, 6) is -1.36. The number of nitrogens with zero attached hydrogens (tertiary/aromatic N) is 5. The number of likely N-dealkylation sites (tertiary alicyclic amines) is 1. The van der Waals surface area contributed by atoms with Crippen LogP contribution in [-0.2, 0) is 31.8 Å². The summed E-state index contributed by atoms with van der Waals surface area (Å²) in [6, 6.07) is 11.1. The fourth-order valence-electron chi connectivity index (χ4n) is 7.73. The second kappa shape index (κ2) is 17.3. The molecule has 0 radical (unpaired) electrons. The molecule has 1 unspecified atom stereocenters. The Bertz CT molecular complexity index is 2210. The average Bonchev–Trinajstić information content (AvgIpc) is 3.36. The van der Waals surface area contributed by atoms with E-state index in [4.69, 9.17) is 17.0 Å². The molecule has 3 saturated heterocycles. The van der Waals surface area contributed by atoms with E-state index in [2.05, 4.69) is 20.9 Å². The molecule has 312 valence electrons. The summed E-state index contributed by atoms with van der Waals surface area (Å²) in [5.41, 5.74) is -1.71. The number of piperidine rings is 2. The first kappa shape index (κ1) is 42.9. The largest absolute Gasteiger partial charge is 0.493 e. The van der Waals surface area contributed by atoms with Gasteiger partial charge >= 0.3 is 6.18 Å². The molecule has 0 aliphatic carbocycles. The van der Waals surface area contributed by atoms with Gasteiger partial charge in [0.1, 0.15) is 29.2 Å². The van der Waals surface area contributed by atoms with Crippen LogP contribution in [0, 0.1) is 23.1 Å². The third kappa shape index (κ3) is 9.31. The molecule has 1 aromatic heterocycles. The van der Waals surface area contributed by atoms with E-state index in [9.17, 15) is 42.0 Å². The molecule has 4 heterocycles. The lowest BCUT2D eigenvalue weighted by atomic mass is 9.89. The Morgan fingerprint density at radius 1 is 1.12 bits per heavy atom. The summed E-state index contributed by atoms with van der Waals surface area (Å²) in [4.78, 5) is 58.6. The standard InChI is InChI=1S/C41H44F4N8O5S/c1-5-25-17-27(53-39(59)52(38(57)40(53,3)4)28-19-29(41(43,44)45)33(20-46)47-21-28)7-10-34(25)58-15-13-24-12-14-51(23(2)16-24)22-36(55)49-32-18-26(6-8-30(32)42)48-31-9-11-35(54)50-37(31)56/h6-8,10,17-19,21,23-24,31,48H,5,9,11-16,22H2,1-4H3,(H,49,55)(H,50,54,56)/t23-,24+,31?/m1/s1. The van der Waals surface area contributed by atoms with Crippen LogP contribution in [0.1, 0.15) is 76.6 Å². The molecule has 3 fully saturated rings. The predicted molar refractivity (Wildman–Crippen MR) is 215 cm³/mol. The molecule has 3 atom stereocenters. The minimum absolute atomic E-state index is 0.0163. The molecule has 3 aliphatic rings. The van der Waals surface area contributed by atoms with Crippen molar-refractivity contribution in [1.82, 2.24) is 15.2 Å². The highest BCUT2D eigenvalue weighted by atomic mass is 32.1. The summed E-state index contributed by atoms with van der Waals surface area (Å²) >= 11 is 5.68. The quantitative estimate of drug-likeness (QED) is 0.107. The molecule has 6 rings (SSSR count). The summed E-state index contributed by atoms with van der Waals surface area (Å²) in [7, 11) is 0. The topological polar surface area (TPSA) is 160 Å². The van der Waals surface area contributed by atoms with Crippen LogP contribution in [0.3, 0.4) is 0 Å². The van der Waals surface area contributed by atoms with Gasteiger partial charge in [-0.05, 0) is 126 Å². The summed E-state index contributed by atoms with van der Waals surface area (Å²) < 4.78 is 62.1. The molecular formula is C41H44F4N8O5S. The van der Waals surface area contributed by atoms with Gasteiger partial charge < -0.3 is 20.3 Å². The summed E-state index contributed by atoms with van der Waals surface area (Å²) in [6.07, 6.45) is -0.351. The van der Waals surface area contributed by atoms with Crippen molar-refractivity contribution in [3.8, 4) is 11.8 Å². The van der Waals surface area contributed by atoms with Crippen molar-refractivity contribution >= 4 is 63.7 Å². The molecule has 3 aliphatic heterocycles. The Labute approximate surface area is 344 Å². The molecule has 13 nitrogen and oxygen atoms in total. The molecule has 18 heteroatoms. The van der Waals surface area contributed by atoms with Crippen molar-refractivity contribution in [2.75, 3.05) is 40.1 Å². The number of carbonyl (C=O) groups excluding carboxylic acids is 4. The Kier molecular flexibility index (Phi) is 12.6. The number of rotatable bonds is 12. The zero-order valence-electron chi connectivity index (χ0n) is 32.9. The number of aromatic nitrogens is 1. The van der Waals surface area contributed by atoms with Crippen molar-refractivity contribution in [2.24, 2.45) is 5.92 Å². The molecular weight excluding hydrogens is 793 g/mol. The van der Waals surface area contributed by atoms with Crippen molar-refractivity contribution in [1.29, 1.82) is 5.26 Å². The van der Waals surface area contributed by atoms with Crippen molar-refractivity contribution in [2.45, 2.75) is 90.0 Å². The number of aryl methyl sites for hydroxylation is 1. The number of halogens is 4. The van der Waals surface area contributed by atoms with Gasteiger partial charge in [-0.3, -0.25) is 34.3 Å². The highest BCUT2D eigenvalue weighted by molar-refractivity contribution is 7.81. The van der Waals surface area contributed by atoms with Gasteiger partial charge in [-0.2, -0.15) is 18.4 Å². The normalized spacial score (nSPS) is 21.0. The zero-order chi connectivity index (χ0) is 42.8. The number of ether oxygens (including phenoxy) is 1. The molecule has 2 aromatic carbocycles. The van der Waals surface area contributed by atoms with E-state index in [1.165, 1.54) is 24.3 Å². The maximum Gasteiger partial charge on any atom is 0.419 e. The lowest BCUT2D eigenvalue weighted by molar-refractivity contribution is -0.138. The lowest BCUT2D eigenvalue weighted by Gasteiger charge is -2.37. The third-order valence-corrected chi connectivity index (χ3v) is 11.3. The number of thiocarbonyl (C=S) groups is 1. The number of imide groups is 1. The molecule has 59 heavy (non-hydrogen) atoms.